The average molecular weight is 296 g/mol. The SMILES string of the molecule is CCCNc1ncnc(SCCN(CC)CC)c1CC. The third-order valence-corrected chi connectivity index (χ3v) is 4.35. The molecule has 114 valence electrons. The number of anilines is 1. The summed E-state index contributed by atoms with van der Waals surface area (Å²) >= 11 is 1.85. The molecule has 0 saturated heterocycles. The van der Waals surface area contributed by atoms with E-state index in [-0.39, 0.29) is 0 Å². The van der Waals surface area contributed by atoms with Gasteiger partial charge in [0.15, 0.2) is 0 Å². The van der Waals surface area contributed by atoms with Crippen LogP contribution in [0.25, 0.3) is 0 Å². The maximum atomic E-state index is 4.46. The van der Waals surface area contributed by atoms with Crippen molar-refractivity contribution in [1.29, 1.82) is 0 Å². The van der Waals surface area contributed by atoms with Crippen molar-refractivity contribution in [1.82, 2.24) is 14.9 Å². The van der Waals surface area contributed by atoms with E-state index < -0.39 is 0 Å². The predicted octanol–water partition coefficient (Wildman–Crippen LogP) is 3.29. The molecule has 0 aromatic carbocycles. The van der Waals surface area contributed by atoms with E-state index >= 15 is 0 Å². The molecule has 1 heterocycles. The fourth-order valence-electron chi connectivity index (χ4n) is 2.05. The van der Waals surface area contributed by atoms with Gasteiger partial charge < -0.3 is 10.2 Å². The van der Waals surface area contributed by atoms with Crippen LogP contribution in [0.5, 0.6) is 0 Å². The van der Waals surface area contributed by atoms with E-state index in [0.29, 0.717) is 0 Å². The summed E-state index contributed by atoms with van der Waals surface area (Å²) in [6.45, 7) is 13.1. The normalized spacial score (nSPS) is 11.1. The van der Waals surface area contributed by atoms with Gasteiger partial charge in [-0.1, -0.05) is 27.7 Å². The van der Waals surface area contributed by atoms with E-state index in [4.69, 9.17) is 0 Å². The molecule has 0 unspecified atom stereocenters. The largest absolute Gasteiger partial charge is 0.370 e. The first-order valence-electron chi connectivity index (χ1n) is 7.69. The van der Waals surface area contributed by atoms with Gasteiger partial charge in [-0.15, -0.1) is 11.8 Å². The summed E-state index contributed by atoms with van der Waals surface area (Å²) in [5.74, 6) is 2.09. The number of hydrogen-bond acceptors (Lipinski definition) is 5. The molecule has 0 bridgehead atoms. The van der Waals surface area contributed by atoms with Gasteiger partial charge in [-0.2, -0.15) is 0 Å². The van der Waals surface area contributed by atoms with E-state index in [1.54, 1.807) is 6.33 Å². The molecule has 0 radical (unpaired) electrons. The topological polar surface area (TPSA) is 41.1 Å². The first-order valence-corrected chi connectivity index (χ1v) is 8.68. The summed E-state index contributed by atoms with van der Waals surface area (Å²) < 4.78 is 0. The van der Waals surface area contributed by atoms with Crippen molar-refractivity contribution < 1.29 is 0 Å². The minimum absolute atomic E-state index is 0.966. The molecule has 1 aromatic heterocycles. The van der Waals surface area contributed by atoms with Crippen LogP contribution in [-0.2, 0) is 6.42 Å². The summed E-state index contributed by atoms with van der Waals surface area (Å²) in [7, 11) is 0. The molecule has 1 N–H and O–H groups in total. The quantitative estimate of drug-likeness (QED) is 0.530. The number of nitrogens with zero attached hydrogens (tertiary/aromatic N) is 3. The highest BCUT2D eigenvalue weighted by Crippen LogP contribution is 2.25. The number of hydrogen-bond donors (Lipinski definition) is 1. The van der Waals surface area contributed by atoms with E-state index in [2.05, 4.69) is 47.9 Å². The highest BCUT2D eigenvalue weighted by atomic mass is 32.2. The summed E-state index contributed by atoms with van der Waals surface area (Å²) in [6, 6.07) is 0. The Labute approximate surface area is 127 Å². The molecule has 5 heteroatoms. The number of nitrogens with one attached hydrogen (secondary N) is 1. The predicted molar refractivity (Wildman–Crippen MR) is 88.7 cm³/mol. The van der Waals surface area contributed by atoms with Crippen molar-refractivity contribution in [2.75, 3.05) is 37.2 Å². The zero-order valence-electron chi connectivity index (χ0n) is 13.3. The number of aromatic nitrogens is 2. The van der Waals surface area contributed by atoms with Crippen LogP contribution < -0.4 is 5.32 Å². The van der Waals surface area contributed by atoms with Gasteiger partial charge in [-0.25, -0.2) is 9.97 Å². The lowest BCUT2D eigenvalue weighted by atomic mass is 10.2. The van der Waals surface area contributed by atoms with Gasteiger partial charge in [0, 0.05) is 24.4 Å². The fraction of sp³-hybridized carbons (Fsp3) is 0.733. The second kappa shape index (κ2) is 10.00. The molecular weight excluding hydrogens is 268 g/mol. The van der Waals surface area contributed by atoms with Crippen LogP contribution in [0.15, 0.2) is 11.4 Å². The van der Waals surface area contributed by atoms with Gasteiger partial charge in [0.1, 0.15) is 17.2 Å². The fourth-order valence-corrected chi connectivity index (χ4v) is 3.13. The van der Waals surface area contributed by atoms with Gasteiger partial charge in [-0.3, -0.25) is 0 Å². The Morgan fingerprint density at radius 1 is 1.15 bits per heavy atom. The third-order valence-electron chi connectivity index (χ3n) is 3.34. The molecule has 1 rings (SSSR count). The molecule has 0 saturated carbocycles. The summed E-state index contributed by atoms with van der Waals surface area (Å²) in [4.78, 5) is 11.3. The highest BCUT2D eigenvalue weighted by molar-refractivity contribution is 7.99. The van der Waals surface area contributed by atoms with Crippen LogP contribution in [-0.4, -0.2) is 46.8 Å². The maximum Gasteiger partial charge on any atom is 0.133 e. The van der Waals surface area contributed by atoms with E-state index in [1.165, 1.54) is 5.56 Å². The van der Waals surface area contributed by atoms with Gasteiger partial charge in [0.2, 0.25) is 0 Å². The Hall–Kier alpha value is -0.810. The van der Waals surface area contributed by atoms with Gasteiger partial charge in [-0.05, 0) is 25.9 Å². The Morgan fingerprint density at radius 3 is 2.50 bits per heavy atom. The van der Waals surface area contributed by atoms with Crippen LogP contribution in [0.4, 0.5) is 5.82 Å². The Bertz CT molecular complexity index is 380. The third kappa shape index (κ3) is 5.29. The molecule has 0 aliphatic rings. The molecule has 20 heavy (non-hydrogen) atoms. The lowest BCUT2D eigenvalue weighted by molar-refractivity contribution is 0.324. The number of rotatable bonds is 10. The summed E-state index contributed by atoms with van der Waals surface area (Å²) in [5.41, 5.74) is 1.26. The monoisotopic (exact) mass is 296 g/mol. The molecule has 0 aliphatic carbocycles. The second-order valence-electron chi connectivity index (χ2n) is 4.66. The van der Waals surface area contributed by atoms with Crippen LogP contribution in [0.1, 0.15) is 39.7 Å². The standard InChI is InChI=1S/C15H28N4S/c1-5-9-16-14-13(6-2)15(18-12-17-14)20-11-10-19(7-3)8-4/h12H,5-11H2,1-4H3,(H,16,17,18). The summed E-state index contributed by atoms with van der Waals surface area (Å²) in [5, 5.41) is 4.53. The molecule has 0 spiro atoms. The van der Waals surface area contributed by atoms with Crippen molar-refractivity contribution in [3.8, 4) is 0 Å². The first kappa shape index (κ1) is 17.2. The first-order chi connectivity index (χ1) is 9.76. The molecular formula is C15H28N4S. The lowest BCUT2D eigenvalue weighted by Gasteiger charge is -2.18. The molecule has 0 aliphatic heterocycles. The van der Waals surface area contributed by atoms with Crippen molar-refractivity contribution in [2.24, 2.45) is 0 Å². The summed E-state index contributed by atoms with van der Waals surface area (Å²) in [6.07, 6.45) is 3.76. The van der Waals surface area contributed by atoms with E-state index in [9.17, 15) is 0 Å². The molecule has 4 nitrogen and oxygen atoms in total. The Morgan fingerprint density at radius 2 is 1.90 bits per heavy atom. The molecule has 0 atom stereocenters. The van der Waals surface area contributed by atoms with Crippen LogP contribution in [0.2, 0.25) is 0 Å². The van der Waals surface area contributed by atoms with Crippen molar-refractivity contribution in [3.63, 3.8) is 0 Å². The number of thioether (sulfide) groups is 1. The minimum Gasteiger partial charge on any atom is -0.370 e. The van der Waals surface area contributed by atoms with Crippen LogP contribution in [0.3, 0.4) is 0 Å². The zero-order valence-corrected chi connectivity index (χ0v) is 14.1. The molecule has 0 amide bonds. The molecule has 1 aromatic rings. The molecule has 0 fully saturated rings. The average Bonchev–Trinajstić information content (AvgIpc) is 2.49. The van der Waals surface area contributed by atoms with Crippen molar-refractivity contribution >= 4 is 17.6 Å². The van der Waals surface area contributed by atoms with Crippen molar-refractivity contribution in [2.45, 2.75) is 45.6 Å². The van der Waals surface area contributed by atoms with E-state index in [0.717, 1.165) is 55.6 Å². The Balaban J connectivity index is 2.64. The maximum absolute atomic E-state index is 4.46. The zero-order chi connectivity index (χ0) is 14.8. The van der Waals surface area contributed by atoms with Gasteiger partial charge in [0.05, 0.1) is 0 Å². The highest BCUT2D eigenvalue weighted by Gasteiger charge is 2.10. The van der Waals surface area contributed by atoms with Gasteiger partial charge in [0.25, 0.3) is 0 Å². The van der Waals surface area contributed by atoms with E-state index in [1.807, 2.05) is 11.8 Å². The van der Waals surface area contributed by atoms with Crippen molar-refractivity contribution in [3.05, 3.63) is 11.9 Å². The van der Waals surface area contributed by atoms with Crippen LogP contribution in [0, 0.1) is 0 Å². The minimum atomic E-state index is 0.966. The van der Waals surface area contributed by atoms with Gasteiger partial charge >= 0.3 is 0 Å². The smallest absolute Gasteiger partial charge is 0.133 e. The lowest BCUT2D eigenvalue weighted by Crippen LogP contribution is -2.25. The van der Waals surface area contributed by atoms with Crippen LogP contribution >= 0.6 is 11.8 Å². The Kier molecular flexibility index (Phi) is 8.62. The second-order valence-corrected chi connectivity index (χ2v) is 5.75.